The maximum absolute atomic E-state index is 11.1. The van der Waals surface area contributed by atoms with E-state index in [0.717, 1.165) is 6.20 Å². The summed E-state index contributed by atoms with van der Waals surface area (Å²) < 4.78 is 0. The third kappa shape index (κ3) is 5.88. The number of carbonyl (C=O) groups is 1. The second-order valence-electron chi connectivity index (χ2n) is 5.09. The number of nitro groups is 1. The normalized spacial score (nSPS) is 10.3. The zero-order valence-electron chi connectivity index (χ0n) is 13.1. The molecule has 132 valence electrons. The molecule has 0 unspecified atom stereocenters. The van der Waals surface area contributed by atoms with Crippen LogP contribution < -0.4 is 10.6 Å². The monoisotopic (exact) mass is 365 g/mol. The van der Waals surface area contributed by atoms with E-state index < -0.39 is 10.9 Å². The van der Waals surface area contributed by atoms with E-state index in [0.29, 0.717) is 30.1 Å². The first-order chi connectivity index (χ1) is 12.0. The van der Waals surface area contributed by atoms with E-state index in [-0.39, 0.29) is 23.9 Å². The highest BCUT2D eigenvalue weighted by molar-refractivity contribution is 6.30. The van der Waals surface area contributed by atoms with E-state index >= 15 is 0 Å². The van der Waals surface area contributed by atoms with Gasteiger partial charge in [-0.3, -0.25) is 14.9 Å². The summed E-state index contributed by atoms with van der Waals surface area (Å²) in [6, 6.07) is 6.84. The first kappa shape index (κ1) is 18.4. The van der Waals surface area contributed by atoms with E-state index in [1.54, 1.807) is 24.3 Å². The molecule has 0 amide bonds. The number of aliphatic carboxylic acids is 1. The number of carboxylic acid groups (broad SMARTS) is 1. The Morgan fingerprint density at radius 2 is 2.00 bits per heavy atom. The molecule has 0 spiro atoms. The van der Waals surface area contributed by atoms with Gasteiger partial charge in [0.2, 0.25) is 11.8 Å². The first-order valence-corrected chi connectivity index (χ1v) is 7.83. The molecule has 2 rings (SSSR count). The van der Waals surface area contributed by atoms with Crippen LogP contribution in [0.4, 0.5) is 23.1 Å². The molecule has 3 N–H and O–H groups in total. The van der Waals surface area contributed by atoms with Crippen LogP contribution >= 0.6 is 11.6 Å². The van der Waals surface area contributed by atoms with Crippen molar-refractivity contribution in [1.82, 2.24) is 9.97 Å². The van der Waals surface area contributed by atoms with Gasteiger partial charge in [-0.25, -0.2) is 4.98 Å². The Balaban J connectivity index is 2.05. The second kappa shape index (κ2) is 8.78. The van der Waals surface area contributed by atoms with Crippen molar-refractivity contribution in [1.29, 1.82) is 0 Å². The van der Waals surface area contributed by atoms with Crippen LogP contribution in [0.2, 0.25) is 5.02 Å². The van der Waals surface area contributed by atoms with Crippen LogP contribution in [0.25, 0.3) is 0 Å². The number of hydrogen-bond donors (Lipinski definition) is 3. The maximum Gasteiger partial charge on any atom is 0.329 e. The van der Waals surface area contributed by atoms with Gasteiger partial charge in [0.05, 0.1) is 4.92 Å². The van der Waals surface area contributed by atoms with Crippen LogP contribution in [-0.2, 0) is 4.79 Å². The summed E-state index contributed by atoms with van der Waals surface area (Å²) in [5.41, 5.74) is 0.436. The number of rotatable bonds is 9. The van der Waals surface area contributed by atoms with Crippen LogP contribution in [0.3, 0.4) is 0 Å². The van der Waals surface area contributed by atoms with Crippen molar-refractivity contribution >= 4 is 40.7 Å². The Morgan fingerprint density at radius 1 is 1.28 bits per heavy atom. The van der Waals surface area contributed by atoms with Gasteiger partial charge in [0.1, 0.15) is 6.20 Å². The number of unbranched alkanes of at least 4 members (excludes halogenated alkanes) is 1. The molecule has 0 saturated carbocycles. The number of nitrogens with one attached hydrogen (secondary N) is 2. The molecule has 0 aliphatic heterocycles. The lowest BCUT2D eigenvalue weighted by atomic mass is 10.2. The average Bonchev–Trinajstić information content (AvgIpc) is 2.56. The SMILES string of the molecule is O=C(O)CCCCNc1nc(Nc2ccc(Cl)cc2)ncc1[N+](=O)[O-]. The Hall–Kier alpha value is -2.94. The fraction of sp³-hybridized carbons (Fsp3) is 0.267. The quantitative estimate of drug-likeness (QED) is 0.350. The molecule has 0 atom stereocenters. The maximum atomic E-state index is 11.1. The lowest BCUT2D eigenvalue weighted by Gasteiger charge is -2.09. The van der Waals surface area contributed by atoms with Gasteiger partial charge in [-0.2, -0.15) is 4.98 Å². The fourth-order valence-corrected chi connectivity index (χ4v) is 2.10. The summed E-state index contributed by atoms with van der Waals surface area (Å²) in [6.45, 7) is 0.367. The largest absolute Gasteiger partial charge is 0.481 e. The molecule has 9 nitrogen and oxygen atoms in total. The van der Waals surface area contributed by atoms with Crippen LogP contribution in [0.5, 0.6) is 0 Å². The number of aromatic nitrogens is 2. The molecule has 0 bridgehead atoms. The van der Waals surface area contributed by atoms with Gasteiger partial charge in [0.15, 0.2) is 0 Å². The van der Waals surface area contributed by atoms with Gasteiger partial charge >= 0.3 is 11.7 Å². The Labute approximate surface area is 148 Å². The molecule has 0 radical (unpaired) electrons. The van der Waals surface area contributed by atoms with Gasteiger partial charge in [0, 0.05) is 23.7 Å². The zero-order valence-corrected chi connectivity index (χ0v) is 13.9. The van der Waals surface area contributed by atoms with Crippen molar-refractivity contribution in [2.24, 2.45) is 0 Å². The number of carboxylic acids is 1. The third-order valence-electron chi connectivity index (χ3n) is 3.18. The number of benzene rings is 1. The molecule has 0 saturated heterocycles. The van der Waals surface area contributed by atoms with E-state index in [9.17, 15) is 14.9 Å². The van der Waals surface area contributed by atoms with Gasteiger partial charge in [-0.15, -0.1) is 0 Å². The molecule has 0 fully saturated rings. The smallest absolute Gasteiger partial charge is 0.329 e. The molecule has 25 heavy (non-hydrogen) atoms. The van der Waals surface area contributed by atoms with Crippen molar-refractivity contribution in [2.45, 2.75) is 19.3 Å². The third-order valence-corrected chi connectivity index (χ3v) is 3.43. The Bertz CT molecular complexity index is 754. The van der Waals surface area contributed by atoms with Gasteiger partial charge in [0.25, 0.3) is 0 Å². The molecule has 2 aromatic rings. The summed E-state index contributed by atoms with van der Waals surface area (Å²) in [6.07, 6.45) is 2.19. The summed E-state index contributed by atoms with van der Waals surface area (Å²) in [5, 5.41) is 26.0. The first-order valence-electron chi connectivity index (χ1n) is 7.45. The van der Waals surface area contributed by atoms with Crippen molar-refractivity contribution in [3.05, 3.63) is 45.6 Å². The summed E-state index contributed by atoms with van der Waals surface area (Å²) in [7, 11) is 0. The zero-order chi connectivity index (χ0) is 18.2. The van der Waals surface area contributed by atoms with Crippen LogP contribution in [-0.4, -0.2) is 32.5 Å². The predicted octanol–water partition coefficient (Wildman–Crippen LogP) is 3.45. The van der Waals surface area contributed by atoms with Crippen LogP contribution in [0.15, 0.2) is 30.5 Å². The molecule has 10 heteroatoms. The molecule has 1 heterocycles. The highest BCUT2D eigenvalue weighted by atomic mass is 35.5. The average molecular weight is 366 g/mol. The number of halogens is 1. The predicted molar refractivity (Wildman–Crippen MR) is 93.4 cm³/mol. The van der Waals surface area contributed by atoms with Crippen LogP contribution in [0, 0.1) is 10.1 Å². The molecule has 0 aliphatic rings. The summed E-state index contributed by atoms with van der Waals surface area (Å²) in [5.74, 6) is -0.602. The van der Waals surface area contributed by atoms with Gasteiger partial charge in [-0.1, -0.05) is 11.6 Å². The molecular weight excluding hydrogens is 350 g/mol. The number of nitrogens with zero attached hydrogens (tertiary/aromatic N) is 3. The topological polar surface area (TPSA) is 130 Å². The molecular formula is C15H16ClN5O4. The van der Waals surface area contributed by atoms with Gasteiger partial charge in [-0.05, 0) is 37.1 Å². The standard InChI is InChI=1S/C15H16ClN5O4/c16-10-4-6-11(7-5-10)19-15-18-9-12(21(24)25)14(20-15)17-8-2-1-3-13(22)23/h4-7,9H,1-3,8H2,(H,22,23)(H2,17,18,19,20). The van der Waals surface area contributed by atoms with Crippen molar-refractivity contribution in [2.75, 3.05) is 17.2 Å². The van der Waals surface area contributed by atoms with Crippen molar-refractivity contribution in [3.63, 3.8) is 0 Å². The van der Waals surface area contributed by atoms with Crippen molar-refractivity contribution < 1.29 is 14.8 Å². The van der Waals surface area contributed by atoms with E-state index in [1.165, 1.54) is 0 Å². The van der Waals surface area contributed by atoms with Crippen molar-refractivity contribution in [3.8, 4) is 0 Å². The Kier molecular flexibility index (Phi) is 6.47. The summed E-state index contributed by atoms with van der Waals surface area (Å²) >= 11 is 5.82. The molecule has 1 aromatic carbocycles. The second-order valence-corrected chi connectivity index (χ2v) is 5.53. The molecule has 0 aliphatic carbocycles. The lowest BCUT2D eigenvalue weighted by Crippen LogP contribution is -2.09. The highest BCUT2D eigenvalue weighted by Crippen LogP contribution is 2.24. The minimum absolute atomic E-state index is 0.0525. The van der Waals surface area contributed by atoms with E-state index in [1.807, 2.05) is 0 Å². The fourth-order valence-electron chi connectivity index (χ4n) is 1.97. The highest BCUT2D eigenvalue weighted by Gasteiger charge is 2.17. The minimum atomic E-state index is -0.873. The lowest BCUT2D eigenvalue weighted by molar-refractivity contribution is -0.384. The van der Waals surface area contributed by atoms with E-state index in [2.05, 4.69) is 20.6 Å². The Morgan fingerprint density at radius 3 is 2.64 bits per heavy atom. The van der Waals surface area contributed by atoms with Crippen LogP contribution in [0.1, 0.15) is 19.3 Å². The number of anilines is 3. The van der Waals surface area contributed by atoms with E-state index in [4.69, 9.17) is 16.7 Å². The minimum Gasteiger partial charge on any atom is -0.481 e. The van der Waals surface area contributed by atoms with Gasteiger partial charge < -0.3 is 15.7 Å². The summed E-state index contributed by atoms with van der Waals surface area (Å²) in [4.78, 5) is 29.0. The molecule has 1 aromatic heterocycles. The number of hydrogen-bond acceptors (Lipinski definition) is 7.